The van der Waals surface area contributed by atoms with Crippen LogP contribution in [-0.2, 0) is 0 Å². The quantitative estimate of drug-likeness (QED) is 0.485. The van der Waals surface area contributed by atoms with Crippen LogP contribution in [0.1, 0.15) is 80.1 Å². The summed E-state index contributed by atoms with van der Waals surface area (Å²) in [6.07, 6.45) is 8.10. The Morgan fingerprint density at radius 2 is 1.48 bits per heavy atom. The van der Waals surface area contributed by atoms with Crippen LogP contribution in [0.25, 0.3) is 0 Å². The van der Waals surface area contributed by atoms with Crippen molar-refractivity contribution < 1.29 is 0 Å². The first-order chi connectivity index (χ1) is 9.82. The van der Waals surface area contributed by atoms with Crippen LogP contribution in [0.15, 0.2) is 0 Å². The molecule has 0 aromatic rings. The van der Waals surface area contributed by atoms with Crippen molar-refractivity contribution in [3.8, 4) is 0 Å². The standard InChI is InChI=1S/C19H42N2/c1-16(2)10-9-15-21(7)19(6)13-12-18(5)11-8-14-20-17(3)4/h16-20H,8-15H2,1-7H3. The summed E-state index contributed by atoms with van der Waals surface area (Å²) in [6, 6.07) is 1.35. The van der Waals surface area contributed by atoms with Gasteiger partial charge in [-0.3, -0.25) is 0 Å². The largest absolute Gasteiger partial charge is 0.315 e. The summed E-state index contributed by atoms with van der Waals surface area (Å²) in [5, 5.41) is 3.51. The third-order valence-electron chi connectivity index (χ3n) is 4.55. The molecular weight excluding hydrogens is 256 g/mol. The Kier molecular flexibility index (Phi) is 12.4. The lowest BCUT2D eigenvalue weighted by Gasteiger charge is -2.26. The third-order valence-corrected chi connectivity index (χ3v) is 4.55. The van der Waals surface area contributed by atoms with Crippen molar-refractivity contribution in [2.24, 2.45) is 11.8 Å². The summed E-state index contributed by atoms with van der Waals surface area (Å²) < 4.78 is 0. The first kappa shape index (κ1) is 20.9. The van der Waals surface area contributed by atoms with Gasteiger partial charge in [0.1, 0.15) is 0 Å². The highest BCUT2D eigenvalue weighted by atomic mass is 15.1. The molecule has 0 aromatic carbocycles. The third kappa shape index (κ3) is 13.3. The van der Waals surface area contributed by atoms with Crippen molar-refractivity contribution in [2.45, 2.75) is 92.2 Å². The van der Waals surface area contributed by atoms with E-state index < -0.39 is 0 Å². The molecule has 2 nitrogen and oxygen atoms in total. The minimum absolute atomic E-state index is 0.625. The molecule has 0 amide bonds. The first-order valence-electron chi connectivity index (χ1n) is 9.26. The number of rotatable bonds is 13. The van der Waals surface area contributed by atoms with Gasteiger partial charge in [0.15, 0.2) is 0 Å². The summed E-state index contributed by atoms with van der Waals surface area (Å²) in [5.41, 5.74) is 0. The summed E-state index contributed by atoms with van der Waals surface area (Å²) in [5.74, 6) is 1.71. The molecule has 0 aromatic heterocycles. The van der Waals surface area contributed by atoms with Crippen molar-refractivity contribution in [3.63, 3.8) is 0 Å². The lowest BCUT2D eigenvalue weighted by atomic mass is 9.97. The van der Waals surface area contributed by atoms with Crippen LogP contribution in [0.2, 0.25) is 0 Å². The van der Waals surface area contributed by atoms with Crippen LogP contribution < -0.4 is 5.32 Å². The minimum atomic E-state index is 0.625. The summed E-state index contributed by atoms with van der Waals surface area (Å²) in [6.45, 7) is 16.3. The number of hydrogen-bond donors (Lipinski definition) is 1. The SMILES string of the molecule is CC(C)CCCN(C)C(C)CCC(C)CCCNC(C)C. The Labute approximate surface area is 135 Å². The molecule has 0 radical (unpaired) electrons. The molecule has 0 spiro atoms. The van der Waals surface area contributed by atoms with Gasteiger partial charge < -0.3 is 10.2 Å². The predicted octanol–water partition coefficient (Wildman–Crippen LogP) is 4.94. The second-order valence-electron chi connectivity index (χ2n) is 7.80. The lowest BCUT2D eigenvalue weighted by Crippen LogP contribution is -2.30. The molecule has 0 heterocycles. The van der Waals surface area contributed by atoms with E-state index in [0.717, 1.165) is 17.9 Å². The molecule has 2 atom stereocenters. The molecule has 1 N–H and O–H groups in total. The van der Waals surface area contributed by atoms with Crippen LogP contribution in [0, 0.1) is 11.8 Å². The number of nitrogens with zero attached hydrogens (tertiary/aromatic N) is 1. The zero-order chi connectivity index (χ0) is 16.3. The normalized spacial score (nSPS) is 15.1. The van der Waals surface area contributed by atoms with Crippen molar-refractivity contribution in [2.75, 3.05) is 20.1 Å². The maximum absolute atomic E-state index is 3.51. The van der Waals surface area contributed by atoms with E-state index in [-0.39, 0.29) is 0 Å². The molecule has 0 aliphatic rings. The van der Waals surface area contributed by atoms with E-state index in [2.05, 4.69) is 58.8 Å². The van der Waals surface area contributed by atoms with Gasteiger partial charge >= 0.3 is 0 Å². The topological polar surface area (TPSA) is 15.3 Å². The van der Waals surface area contributed by atoms with E-state index in [9.17, 15) is 0 Å². The van der Waals surface area contributed by atoms with E-state index in [4.69, 9.17) is 0 Å². The Bertz CT molecular complexity index is 226. The van der Waals surface area contributed by atoms with Gasteiger partial charge in [-0.2, -0.15) is 0 Å². The minimum Gasteiger partial charge on any atom is -0.315 e. The van der Waals surface area contributed by atoms with Crippen molar-refractivity contribution in [3.05, 3.63) is 0 Å². The zero-order valence-electron chi connectivity index (χ0n) is 15.9. The molecule has 0 rings (SSSR count). The molecule has 0 aliphatic carbocycles. The van der Waals surface area contributed by atoms with E-state index in [1.165, 1.54) is 51.6 Å². The molecule has 0 saturated heterocycles. The second kappa shape index (κ2) is 12.5. The zero-order valence-corrected chi connectivity index (χ0v) is 15.9. The van der Waals surface area contributed by atoms with Gasteiger partial charge in [-0.25, -0.2) is 0 Å². The van der Waals surface area contributed by atoms with Gasteiger partial charge in [0.2, 0.25) is 0 Å². The van der Waals surface area contributed by atoms with Crippen LogP contribution in [0.5, 0.6) is 0 Å². The fourth-order valence-electron chi connectivity index (χ4n) is 2.70. The summed E-state index contributed by atoms with van der Waals surface area (Å²) in [7, 11) is 2.29. The molecule has 0 fully saturated rings. The highest BCUT2D eigenvalue weighted by Gasteiger charge is 2.11. The number of nitrogens with one attached hydrogen (secondary N) is 1. The van der Waals surface area contributed by atoms with Crippen LogP contribution in [0.4, 0.5) is 0 Å². The van der Waals surface area contributed by atoms with Crippen molar-refractivity contribution in [1.82, 2.24) is 10.2 Å². The van der Waals surface area contributed by atoms with Gasteiger partial charge in [0.25, 0.3) is 0 Å². The van der Waals surface area contributed by atoms with E-state index in [1.54, 1.807) is 0 Å². The highest BCUT2D eigenvalue weighted by molar-refractivity contribution is 4.66. The Morgan fingerprint density at radius 1 is 0.810 bits per heavy atom. The van der Waals surface area contributed by atoms with Gasteiger partial charge in [-0.15, -0.1) is 0 Å². The Balaban J connectivity index is 3.63. The second-order valence-corrected chi connectivity index (χ2v) is 7.80. The molecule has 128 valence electrons. The molecular formula is C19H42N2. The Morgan fingerprint density at radius 3 is 2.05 bits per heavy atom. The average molecular weight is 299 g/mol. The summed E-state index contributed by atoms with van der Waals surface area (Å²) in [4.78, 5) is 2.55. The molecule has 0 saturated carbocycles. The molecule has 2 unspecified atom stereocenters. The fourth-order valence-corrected chi connectivity index (χ4v) is 2.70. The molecule has 0 aliphatic heterocycles. The van der Waals surface area contributed by atoms with Gasteiger partial charge in [0.05, 0.1) is 0 Å². The predicted molar refractivity (Wildman–Crippen MR) is 96.9 cm³/mol. The van der Waals surface area contributed by atoms with Crippen molar-refractivity contribution in [1.29, 1.82) is 0 Å². The van der Waals surface area contributed by atoms with Gasteiger partial charge in [-0.1, -0.05) is 34.6 Å². The first-order valence-corrected chi connectivity index (χ1v) is 9.26. The van der Waals surface area contributed by atoms with Crippen LogP contribution in [0.3, 0.4) is 0 Å². The smallest absolute Gasteiger partial charge is 0.00639 e. The van der Waals surface area contributed by atoms with E-state index in [1.807, 2.05) is 0 Å². The molecule has 2 heteroatoms. The maximum Gasteiger partial charge on any atom is 0.00639 e. The van der Waals surface area contributed by atoms with Gasteiger partial charge in [-0.05, 0) is 77.4 Å². The van der Waals surface area contributed by atoms with E-state index in [0.29, 0.717) is 6.04 Å². The maximum atomic E-state index is 3.51. The lowest BCUT2D eigenvalue weighted by molar-refractivity contribution is 0.225. The molecule has 21 heavy (non-hydrogen) atoms. The highest BCUT2D eigenvalue weighted by Crippen LogP contribution is 2.16. The van der Waals surface area contributed by atoms with Crippen LogP contribution in [-0.4, -0.2) is 37.1 Å². The van der Waals surface area contributed by atoms with Crippen LogP contribution >= 0.6 is 0 Å². The molecule has 0 bridgehead atoms. The Hall–Kier alpha value is -0.0800. The monoisotopic (exact) mass is 298 g/mol. The van der Waals surface area contributed by atoms with E-state index >= 15 is 0 Å². The van der Waals surface area contributed by atoms with Crippen molar-refractivity contribution >= 4 is 0 Å². The number of hydrogen-bond acceptors (Lipinski definition) is 2. The fraction of sp³-hybridized carbons (Fsp3) is 1.00. The van der Waals surface area contributed by atoms with Gasteiger partial charge in [0, 0.05) is 12.1 Å². The average Bonchev–Trinajstić information content (AvgIpc) is 2.40. The summed E-state index contributed by atoms with van der Waals surface area (Å²) >= 11 is 0.